The Balaban J connectivity index is 0.00000210. The SMILES string of the molecule is Cc1c[nH]c2c(Nc3cccc(F)c3)ncc(C(=O)N3CCCCC3)c12.Cl. The number of nitrogens with zero attached hydrogens (tertiary/aromatic N) is 2. The van der Waals surface area contributed by atoms with Gasteiger partial charge < -0.3 is 15.2 Å². The van der Waals surface area contributed by atoms with Crippen molar-refractivity contribution < 1.29 is 9.18 Å². The molecule has 0 aliphatic carbocycles. The fraction of sp³-hybridized carbons (Fsp3) is 0.300. The second-order valence-electron chi connectivity index (χ2n) is 6.73. The number of hydrogen-bond acceptors (Lipinski definition) is 3. The molecule has 27 heavy (non-hydrogen) atoms. The van der Waals surface area contributed by atoms with Gasteiger partial charge in [0, 0.05) is 36.6 Å². The van der Waals surface area contributed by atoms with Crippen LogP contribution in [0.25, 0.3) is 10.9 Å². The van der Waals surface area contributed by atoms with Crippen molar-refractivity contribution in [1.82, 2.24) is 14.9 Å². The van der Waals surface area contributed by atoms with Gasteiger partial charge in [-0.25, -0.2) is 9.37 Å². The monoisotopic (exact) mass is 388 g/mol. The van der Waals surface area contributed by atoms with Crippen molar-refractivity contribution in [2.75, 3.05) is 18.4 Å². The number of carbonyl (C=O) groups excluding carboxylic acids is 1. The van der Waals surface area contributed by atoms with Crippen LogP contribution in [0.5, 0.6) is 0 Å². The molecule has 142 valence electrons. The Labute approximate surface area is 163 Å². The average Bonchev–Trinajstić information content (AvgIpc) is 3.05. The first kappa shape index (κ1) is 19.2. The van der Waals surface area contributed by atoms with Crippen LogP contribution in [0.1, 0.15) is 35.2 Å². The first-order valence-corrected chi connectivity index (χ1v) is 8.92. The molecule has 7 heteroatoms. The molecule has 1 saturated heterocycles. The van der Waals surface area contributed by atoms with Crippen LogP contribution in [-0.2, 0) is 0 Å². The lowest BCUT2D eigenvalue weighted by Gasteiger charge is -2.27. The summed E-state index contributed by atoms with van der Waals surface area (Å²) >= 11 is 0. The van der Waals surface area contributed by atoms with Gasteiger partial charge in [-0.15, -0.1) is 12.4 Å². The molecule has 3 aromatic rings. The third-order valence-corrected chi connectivity index (χ3v) is 4.87. The number of aromatic amines is 1. The number of aryl methyl sites for hydroxylation is 1. The van der Waals surface area contributed by atoms with Crippen LogP contribution in [-0.4, -0.2) is 33.9 Å². The number of piperidine rings is 1. The Morgan fingerprint density at radius 3 is 2.78 bits per heavy atom. The summed E-state index contributed by atoms with van der Waals surface area (Å²) in [5, 5.41) is 4.01. The smallest absolute Gasteiger partial charge is 0.256 e. The Bertz CT molecular complexity index is 966. The van der Waals surface area contributed by atoms with E-state index in [1.807, 2.05) is 18.0 Å². The topological polar surface area (TPSA) is 61.0 Å². The zero-order valence-corrected chi connectivity index (χ0v) is 15.9. The molecular weight excluding hydrogens is 367 g/mol. The van der Waals surface area contributed by atoms with Gasteiger partial charge in [-0.1, -0.05) is 6.07 Å². The van der Waals surface area contributed by atoms with Crippen molar-refractivity contribution in [1.29, 1.82) is 0 Å². The van der Waals surface area contributed by atoms with Gasteiger partial charge >= 0.3 is 0 Å². The first-order chi connectivity index (χ1) is 12.6. The minimum atomic E-state index is -0.314. The number of anilines is 2. The molecule has 0 spiro atoms. The fourth-order valence-corrected chi connectivity index (χ4v) is 3.54. The summed E-state index contributed by atoms with van der Waals surface area (Å²) in [6.07, 6.45) is 6.77. The van der Waals surface area contributed by atoms with Gasteiger partial charge in [0.25, 0.3) is 5.91 Å². The molecule has 1 amide bonds. The molecule has 0 saturated carbocycles. The van der Waals surface area contributed by atoms with E-state index in [1.165, 1.54) is 18.6 Å². The number of benzene rings is 1. The second-order valence-corrected chi connectivity index (χ2v) is 6.73. The van der Waals surface area contributed by atoms with E-state index < -0.39 is 0 Å². The van der Waals surface area contributed by atoms with Crippen LogP contribution in [0.4, 0.5) is 15.9 Å². The summed E-state index contributed by atoms with van der Waals surface area (Å²) in [6, 6.07) is 6.23. The molecular formula is C20H22ClFN4O. The number of rotatable bonds is 3. The van der Waals surface area contributed by atoms with E-state index >= 15 is 0 Å². The largest absolute Gasteiger partial charge is 0.358 e. The van der Waals surface area contributed by atoms with Crippen LogP contribution in [0.3, 0.4) is 0 Å². The predicted molar refractivity (Wildman–Crippen MR) is 108 cm³/mol. The highest BCUT2D eigenvalue weighted by molar-refractivity contribution is 6.09. The van der Waals surface area contributed by atoms with E-state index in [-0.39, 0.29) is 24.1 Å². The summed E-state index contributed by atoms with van der Waals surface area (Å²) in [7, 11) is 0. The highest BCUT2D eigenvalue weighted by atomic mass is 35.5. The minimum Gasteiger partial charge on any atom is -0.358 e. The van der Waals surface area contributed by atoms with Crippen LogP contribution in [0.2, 0.25) is 0 Å². The number of fused-ring (bicyclic) bond motifs is 1. The number of likely N-dealkylation sites (tertiary alicyclic amines) is 1. The number of pyridine rings is 1. The average molecular weight is 389 g/mol. The Kier molecular flexibility index (Phi) is 5.65. The molecule has 2 N–H and O–H groups in total. The van der Waals surface area contributed by atoms with E-state index in [0.29, 0.717) is 17.1 Å². The summed E-state index contributed by atoms with van der Waals surface area (Å²) in [5.74, 6) is 0.293. The highest BCUT2D eigenvalue weighted by Gasteiger charge is 2.23. The van der Waals surface area contributed by atoms with E-state index in [0.717, 1.165) is 42.4 Å². The molecule has 0 bridgehead atoms. The van der Waals surface area contributed by atoms with Gasteiger partial charge in [-0.05, 0) is 49.9 Å². The molecule has 1 aliphatic heterocycles. The number of hydrogen-bond donors (Lipinski definition) is 2. The van der Waals surface area contributed by atoms with Gasteiger partial charge in [0.05, 0.1) is 11.1 Å². The van der Waals surface area contributed by atoms with Gasteiger partial charge in [-0.2, -0.15) is 0 Å². The summed E-state index contributed by atoms with van der Waals surface area (Å²) in [5.41, 5.74) is 2.98. The molecule has 1 fully saturated rings. The van der Waals surface area contributed by atoms with Crippen LogP contribution >= 0.6 is 12.4 Å². The number of halogens is 2. The summed E-state index contributed by atoms with van der Waals surface area (Å²) in [6.45, 7) is 3.57. The second kappa shape index (κ2) is 7.96. The van der Waals surface area contributed by atoms with Crippen molar-refractivity contribution in [3.8, 4) is 0 Å². The van der Waals surface area contributed by atoms with Gasteiger partial charge in [0.1, 0.15) is 5.82 Å². The molecule has 3 heterocycles. The van der Waals surface area contributed by atoms with E-state index in [2.05, 4.69) is 15.3 Å². The van der Waals surface area contributed by atoms with Crippen molar-refractivity contribution in [3.63, 3.8) is 0 Å². The Hall–Kier alpha value is -2.60. The van der Waals surface area contributed by atoms with Crippen molar-refractivity contribution in [3.05, 3.63) is 53.6 Å². The molecule has 1 aliphatic rings. The highest BCUT2D eigenvalue weighted by Crippen LogP contribution is 2.30. The predicted octanol–water partition coefficient (Wildman–Crippen LogP) is 4.80. The maximum atomic E-state index is 13.4. The molecule has 5 nitrogen and oxygen atoms in total. The van der Waals surface area contributed by atoms with E-state index in [4.69, 9.17) is 0 Å². The van der Waals surface area contributed by atoms with Gasteiger partial charge in [0.2, 0.25) is 0 Å². The number of carbonyl (C=O) groups is 1. The van der Waals surface area contributed by atoms with E-state index in [1.54, 1.807) is 18.3 Å². The maximum absolute atomic E-state index is 13.4. The van der Waals surface area contributed by atoms with Crippen molar-refractivity contribution >= 4 is 40.7 Å². The molecule has 1 aromatic carbocycles. The van der Waals surface area contributed by atoms with Crippen LogP contribution in [0, 0.1) is 12.7 Å². The zero-order valence-electron chi connectivity index (χ0n) is 15.1. The molecule has 0 atom stereocenters. The number of nitrogens with one attached hydrogen (secondary N) is 2. The molecule has 2 aromatic heterocycles. The molecule has 4 rings (SSSR count). The Morgan fingerprint density at radius 2 is 2.04 bits per heavy atom. The molecule has 0 unspecified atom stereocenters. The van der Waals surface area contributed by atoms with Gasteiger partial charge in [0.15, 0.2) is 5.82 Å². The standard InChI is InChI=1S/C20H21FN4O.ClH/c1-13-11-22-18-17(13)16(20(26)25-8-3-2-4-9-25)12-23-19(18)24-15-7-5-6-14(21)10-15;/h5-7,10-12,22H,2-4,8-9H2,1H3,(H,23,24);1H. The van der Waals surface area contributed by atoms with Crippen molar-refractivity contribution in [2.24, 2.45) is 0 Å². The Morgan fingerprint density at radius 1 is 1.26 bits per heavy atom. The number of amides is 1. The normalized spacial score (nSPS) is 14.1. The maximum Gasteiger partial charge on any atom is 0.256 e. The minimum absolute atomic E-state index is 0. The van der Waals surface area contributed by atoms with Crippen LogP contribution < -0.4 is 5.32 Å². The number of aromatic nitrogens is 2. The molecule has 0 radical (unpaired) electrons. The van der Waals surface area contributed by atoms with Crippen molar-refractivity contribution in [2.45, 2.75) is 26.2 Å². The lowest BCUT2D eigenvalue weighted by Crippen LogP contribution is -2.35. The van der Waals surface area contributed by atoms with Gasteiger partial charge in [-0.3, -0.25) is 4.79 Å². The fourth-order valence-electron chi connectivity index (χ4n) is 3.54. The third-order valence-electron chi connectivity index (χ3n) is 4.87. The lowest BCUT2D eigenvalue weighted by atomic mass is 10.1. The quantitative estimate of drug-likeness (QED) is 0.677. The lowest BCUT2D eigenvalue weighted by molar-refractivity contribution is 0.0726. The third kappa shape index (κ3) is 3.76. The van der Waals surface area contributed by atoms with E-state index in [9.17, 15) is 9.18 Å². The van der Waals surface area contributed by atoms with Crippen LogP contribution in [0.15, 0.2) is 36.7 Å². The number of H-pyrrole nitrogens is 1. The zero-order chi connectivity index (χ0) is 18.1. The summed E-state index contributed by atoms with van der Waals surface area (Å²) < 4.78 is 13.4. The first-order valence-electron chi connectivity index (χ1n) is 8.92. The summed E-state index contributed by atoms with van der Waals surface area (Å²) in [4.78, 5) is 22.5.